The Kier molecular flexibility index (Phi) is 4.55. The van der Waals surface area contributed by atoms with Gasteiger partial charge in [0.2, 0.25) is 0 Å². The maximum Gasteiger partial charge on any atom is 0.418 e. The van der Waals surface area contributed by atoms with Crippen LogP contribution < -0.4 is 5.32 Å². The average Bonchev–Trinajstić information content (AvgIpc) is 2.26. The van der Waals surface area contributed by atoms with Gasteiger partial charge in [-0.25, -0.2) is 8.78 Å². The SMILES string of the molecule is OCC(F)(F)CNc1ccc(Br)cc1C(F)(F)F. The van der Waals surface area contributed by atoms with Gasteiger partial charge in [-0.1, -0.05) is 15.9 Å². The van der Waals surface area contributed by atoms with Gasteiger partial charge in [-0.2, -0.15) is 13.2 Å². The lowest BCUT2D eigenvalue weighted by Gasteiger charge is -2.18. The Bertz CT molecular complexity index is 421. The van der Waals surface area contributed by atoms with E-state index in [2.05, 4.69) is 15.9 Å². The molecule has 102 valence electrons. The van der Waals surface area contributed by atoms with Crippen molar-refractivity contribution >= 4 is 21.6 Å². The van der Waals surface area contributed by atoms with E-state index in [1.165, 1.54) is 6.07 Å². The minimum Gasteiger partial charge on any atom is -0.390 e. The predicted octanol–water partition coefficient (Wildman–Crippen LogP) is 3.51. The molecule has 0 aromatic heterocycles. The summed E-state index contributed by atoms with van der Waals surface area (Å²) in [6, 6.07) is 3.13. The zero-order chi connectivity index (χ0) is 14.0. The molecule has 0 saturated heterocycles. The van der Waals surface area contributed by atoms with Crippen LogP contribution in [0, 0.1) is 0 Å². The van der Waals surface area contributed by atoms with Gasteiger partial charge in [-0.05, 0) is 18.2 Å². The van der Waals surface area contributed by atoms with Gasteiger partial charge in [0.15, 0.2) is 0 Å². The van der Waals surface area contributed by atoms with Gasteiger partial charge in [-0.15, -0.1) is 0 Å². The Morgan fingerprint density at radius 1 is 1.17 bits per heavy atom. The van der Waals surface area contributed by atoms with Gasteiger partial charge in [0.05, 0.1) is 12.1 Å². The average molecular weight is 334 g/mol. The number of benzene rings is 1. The number of rotatable bonds is 4. The molecule has 0 aliphatic heterocycles. The van der Waals surface area contributed by atoms with Crippen LogP contribution in [0.4, 0.5) is 27.6 Å². The molecule has 0 aliphatic rings. The first-order valence-corrected chi connectivity index (χ1v) is 5.54. The van der Waals surface area contributed by atoms with Gasteiger partial charge in [0, 0.05) is 10.2 Å². The fourth-order valence-electron chi connectivity index (χ4n) is 1.19. The molecule has 18 heavy (non-hydrogen) atoms. The Morgan fingerprint density at radius 2 is 1.78 bits per heavy atom. The fourth-order valence-corrected chi connectivity index (χ4v) is 1.55. The zero-order valence-electron chi connectivity index (χ0n) is 8.86. The van der Waals surface area contributed by atoms with E-state index < -0.39 is 36.5 Å². The van der Waals surface area contributed by atoms with E-state index in [4.69, 9.17) is 5.11 Å². The van der Waals surface area contributed by atoms with Crippen molar-refractivity contribution in [2.75, 3.05) is 18.5 Å². The number of aliphatic hydroxyl groups is 1. The van der Waals surface area contributed by atoms with Gasteiger partial charge in [-0.3, -0.25) is 0 Å². The van der Waals surface area contributed by atoms with E-state index in [1.807, 2.05) is 5.32 Å². The van der Waals surface area contributed by atoms with Crippen LogP contribution in [-0.4, -0.2) is 24.2 Å². The standard InChI is InChI=1S/C10H9BrF5NO/c11-6-1-2-8(7(3-6)10(14,15)16)17-4-9(12,13)5-18/h1-3,17-18H,4-5H2. The Hall–Kier alpha value is -0.890. The van der Waals surface area contributed by atoms with Crippen LogP contribution in [0.2, 0.25) is 0 Å². The number of hydrogen-bond acceptors (Lipinski definition) is 2. The third-order valence-corrected chi connectivity index (χ3v) is 2.55. The quantitative estimate of drug-likeness (QED) is 0.826. The van der Waals surface area contributed by atoms with Crippen molar-refractivity contribution in [1.29, 1.82) is 0 Å². The van der Waals surface area contributed by atoms with E-state index in [0.717, 1.165) is 12.1 Å². The molecule has 1 aromatic carbocycles. The number of aliphatic hydroxyl groups excluding tert-OH is 1. The van der Waals surface area contributed by atoms with E-state index in [0.29, 0.717) is 0 Å². The van der Waals surface area contributed by atoms with E-state index in [9.17, 15) is 22.0 Å². The molecular formula is C10H9BrF5NO. The fraction of sp³-hybridized carbons (Fsp3) is 0.400. The minimum absolute atomic E-state index is 0.189. The topological polar surface area (TPSA) is 32.3 Å². The highest BCUT2D eigenvalue weighted by Gasteiger charge is 2.35. The molecule has 0 heterocycles. The molecule has 2 nitrogen and oxygen atoms in total. The molecule has 2 N–H and O–H groups in total. The summed E-state index contributed by atoms with van der Waals surface area (Å²) in [6.07, 6.45) is -4.65. The van der Waals surface area contributed by atoms with E-state index in [1.54, 1.807) is 0 Å². The molecule has 0 bridgehead atoms. The lowest BCUT2D eigenvalue weighted by molar-refractivity contribution is -0.137. The summed E-state index contributed by atoms with van der Waals surface area (Å²) in [6.45, 7) is -2.51. The predicted molar refractivity (Wildman–Crippen MR) is 59.7 cm³/mol. The van der Waals surface area contributed by atoms with Crippen LogP contribution in [0.1, 0.15) is 5.56 Å². The van der Waals surface area contributed by atoms with Crippen LogP contribution in [-0.2, 0) is 6.18 Å². The highest BCUT2D eigenvalue weighted by Crippen LogP contribution is 2.36. The molecule has 0 radical (unpaired) electrons. The van der Waals surface area contributed by atoms with Crippen LogP contribution in [0.5, 0.6) is 0 Å². The maximum absolute atomic E-state index is 12.7. The summed E-state index contributed by atoms with van der Waals surface area (Å²) in [4.78, 5) is 0. The van der Waals surface area contributed by atoms with Gasteiger partial charge in [0.1, 0.15) is 6.61 Å². The lowest BCUT2D eigenvalue weighted by atomic mass is 10.1. The largest absolute Gasteiger partial charge is 0.418 e. The van der Waals surface area contributed by atoms with Gasteiger partial charge >= 0.3 is 6.18 Å². The second-order valence-electron chi connectivity index (χ2n) is 3.56. The third-order valence-electron chi connectivity index (χ3n) is 2.06. The van der Waals surface area contributed by atoms with Crippen LogP contribution in [0.15, 0.2) is 22.7 Å². The van der Waals surface area contributed by atoms with Crippen LogP contribution in [0.25, 0.3) is 0 Å². The molecule has 1 rings (SSSR count). The first-order valence-electron chi connectivity index (χ1n) is 4.75. The second-order valence-corrected chi connectivity index (χ2v) is 4.47. The Balaban J connectivity index is 2.96. The molecule has 8 heteroatoms. The number of anilines is 1. The maximum atomic E-state index is 12.7. The molecule has 0 atom stereocenters. The highest BCUT2D eigenvalue weighted by atomic mass is 79.9. The molecule has 0 amide bonds. The van der Waals surface area contributed by atoms with Crippen molar-refractivity contribution < 1.29 is 27.1 Å². The van der Waals surface area contributed by atoms with Gasteiger partial charge < -0.3 is 10.4 Å². The first-order chi connectivity index (χ1) is 8.15. The van der Waals surface area contributed by atoms with Crippen LogP contribution >= 0.6 is 15.9 Å². The molecule has 0 spiro atoms. The second kappa shape index (κ2) is 5.40. The van der Waals surface area contributed by atoms with Crippen LogP contribution in [0.3, 0.4) is 0 Å². The molecule has 0 saturated carbocycles. The highest BCUT2D eigenvalue weighted by molar-refractivity contribution is 9.10. The molecule has 1 aromatic rings. The summed E-state index contributed by atoms with van der Waals surface area (Å²) in [5, 5.41) is 10.3. The van der Waals surface area contributed by atoms with Crippen molar-refractivity contribution in [2.24, 2.45) is 0 Å². The van der Waals surface area contributed by atoms with E-state index in [-0.39, 0.29) is 4.47 Å². The smallest absolute Gasteiger partial charge is 0.390 e. The summed E-state index contributed by atoms with van der Waals surface area (Å²) in [5.41, 5.74) is -1.51. The molecular weight excluding hydrogens is 325 g/mol. The summed E-state index contributed by atoms with van der Waals surface area (Å²) in [5.74, 6) is -3.48. The number of alkyl halides is 5. The third kappa shape index (κ3) is 4.09. The van der Waals surface area contributed by atoms with Gasteiger partial charge in [0.25, 0.3) is 5.92 Å². The number of nitrogens with one attached hydrogen (secondary N) is 1. The molecule has 0 unspecified atom stereocenters. The molecule has 0 aliphatic carbocycles. The molecule has 0 fully saturated rings. The van der Waals surface area contributed by atoms with Crippen molar-refractivity contribution in [2.45, 2.75) is 12.1 Å². The number of halogens is 6. The minimum atomic E-state index is -4.65. The van der Waals surface area contributed by atoms with E-state index >= 15 is 0 Å². The Labute approximate surface area is 108 Å². The zero-order valence-corrected chi connectivity index (χ0v) is 10.4. The number of hydrogen-bond donors (Lipinski definition) is 2. The first kappa shape index (κ1) is 15.2. The van der Waals surface area contributed by atoms with Crippen molar-refractivity contribution in [1.82, 2.24) is 0 Å². The summed E-state index contributed by atoms with van der Waals surface area (Å²) < 4.78 is 63.6. The summed E-state index contributed by atoms with van der Waals surface area (Å²) in [7, 11) is 0. The van der Waals surface area contributed by atoms with Crippen molar-refractivity contribution in [3.8, 4) is 0 Å². The Morgan fingerprint density at radius 3 is 2.28 bits per heavy atom. The monoisotopic (exact) mass is 333 g/mol. The normalized spacial score (nSPS) is 12.6. The lowest BCUT2D eigenvalue weighted by Crippen LogP contribution is -2.31. The van der Waals surface area contributed by atoms with Crippen molar-refractivity contribution in [3.63, 3.8) is 0 Å². The van der Waals surface area contributed by atoms with Crippen molar-refractivity contribution in [3.05, 3.63) is 28.2 Å². The summed E-state index contributed by atoms with van der Waals surface area (Å²) >= 11 is 2.88.